The number of esters is 1. The van der Waals surface area contributed by atoms with E-state index in [0.717, 1.165) is 17.4 Å². The Hall–Kier alpha value is -2.99. The van der Waals surface area contributed by atoms with Crippen LogP contribution in [0.2, 0.25) is 0 Å². The number of aromatic nitrogens is 3. The third-order valence-electron chi connectivity index (χ3n) is 4.47. The summed E-state index contributed by atoms with van der Waals surface area (Å²) in [7, 11) is 0. The maximum atomic E-state index is 13.3. The summed E-state index contributed by atoms with van der Waals surface area (Å²) in [4.78, 5) is 32.0. The highest BCUT2D eigenvalue weighted by molar-refractivity contribution is 7.22. The van der Waals surface area contributed by atoms with E-state index in [4.69, 9.17) is 9.84 Å². The summed E-state index contributed by atoms with van der Waals surface area (Å²) in [6.07, 6.45) is -4.51. The Balaban J connectivity index is 2.15. The van der Waals surface area contributed by atoms with E-state index < -0.39 is 23.3 Å². The highest BCUT2D eigenvalue weighted by atomic mass is 32.1. The molecule has 0 bridgehead atoms. The molecule has 0 radical (unpaired) electrons. The van der Waals surface area contributed by atoms with Crippen molar-refractivity contribution in [2.24, 2.45) is 0 Å². The molecule has 8 nitrogen and oxygen atoms in total. The molecule has 0 saturated carbocycles. The zero-order valence-electron chi connectivity index (χ0n) is 16.6. The van der Waals surface area contributed by atoms with Crippen molar-refractivity contribution in [3.63, 3.8) is 0 Å². The molecule has 1 aromatic carbocycles. The number of aliphatic hydroxyl groups excluding tert-OH is 1. The van der Waals surface area contributed by atoms with E-state index in [-0.39, 0.29) is 48.0 Å². The minimum atomic E-state index is -4.51. The molecule has 12 heteroatoms. The van der Waals surface area contributed by atoms with Gasteiger partial charge in [-0.05, 0) is 24.1 Å². The second-order valence-corrected chi connectivity index (χ2v) is 7.61. The van der Waals surface area contributed by atoms with Crippen LogP contribution in [0.4, 0.5) is 18.3 Å². The molecule has 31 heavy (non-hydrogen) atoms. The van der Waals surface area contributed by atoms with Gasteiger partial charge >= 0.3 is 12.1 Å². The van der Waals surface area contributed by atoms with Gasteiger partial charge in [-0.25, -0.2) is 4.98 Å². The van der Waals surface area contributed by atoms with Gasteiger partial charge in [-0.1, -0.05) is 23.5 Å². The number of anilines is 1. The van der Waals surface area contributed by atoms with Crippen LogP contribution in [0, 0.1) is 6.92 Å². The minimum absolute atomic E-state index is 0.0362. The number of hydrogen-bond donors (Lipinski definition) is 2. The Morgan fingerprint density at radius 2 is 2.06 bits per heavy atom. The fourth-order valence-electron chi connectivity index (χ4n) is 3.00. The number of nitrogens with zero attached hydrogens (tertiary/aromatic N) is 3. The molecule has 2 heterocycles. The first-order valence-corrected chi connectivity index (χ1v) is 9.97. The molecule has 0 saturated heterocycles. The monoisotopic (exact) mass is 456 g/mol. The molecule has 0 unspecified atom stereocenters. The standard InChI is InChI=1S/C19H19F3N4O4S/c1-10-12(4-3-5-13(10)19(20,21)22)8-26-14(9-30-11(2)28)24-17(29)15-16(26)25-18(31-15)23-6-7-27/h3-5,27H,6-9H2,1-2H3,(H,23,25). The number of thiazole rings is 1. The van der Waals surface area contributed by atoms with Gasteiger partial charge in [0.2, 0.25) is 0 Å². The van der Waals surface area contributed by atoms with Crippen LogP contribution in [0.3, 0.4) is 0 Å². The van der Waals surface area contributed by atoms with Crippen molar-refractivity contribution in [1.82, 2.24) is 14.5 Å². The third kappa shape index (κ3) is 5.02. The zero-order chi connectivity index (χ0) is 22.8. The molecular weight excluding hydrogens is 437 g/mol. The quantitative estimate of drug-likeness (QED) is 0.527. The Morgan fingerprint density at radius 3 is 2.71 bits per heavy atom. The van der Waals surface area contributed by atoms with Crippen molar-refractivity contribution in [3.05, 3.63) is 51.1 Å². The van der Waals surface area contributed by atoms with Crippen molar-refractivity contribution in [2.75, 3.05) is 18.5 Å². The molecule has 2 aromatic heterocycles. The van der Waals surface area contributed by atoms with E-state index in [1.54, 1.807) is 6.07 Å². The Morgan fingerprint density at radius 1 is 1.32 bits per heavy atom. The lowest BCUT2D eigenvalue weighted by Gasteiger charge is -2.17. The lowest BCUT2D eigenvalue weighted by Crippen LogP contribution is -2.21. The Bertz CT molecular complexity index is 1170. The largest absolute Gasteiger partial charge is 0.458 e. The molecule has 0 aliphatic heterocycles. The van der Waals surface area contributed by atoms with E-state index in [0.29, 0.717) is 10.7 Å². The summed E-state index contributed by atoms with van der Waals surface area (Å²) < 4.78 is 46.6. The first-order valence-electron chi connectivity index (χ1n) is 9.16. The molecule has 0 fully saturated rings. The molecular formula is C19H19F3N4O4S. The number of rotatable bonds is 7. The molecule has 0 spiro atoms. The van der Waals surface area contributed by atoms with Gasteiger partial charge in [-0.2, -0.15) is 18.2 Å². The number of ether oxygens (including phenoxy) is 1. The van der Waals surface area contributed by atoms with Gasteiger partial charge in [0.1, 0.15) is 11.3 Å². The molecule has 0 aliphatic rings. The topological polar surface area (TPSA) is 106 Å². The third-order valence-corrected chi connectivity index (χ3v) is 5.46. The van der Waals surface area contributed by atoms with Crippen LogP contribution in [0.5, 0.6) is 0 Å². The van der Waals surface area contributed by atoms with Crippen LogP contribution >= 0.6 is 11.3 Å². The summed E-state index contributed by atoms with van der Waals surface area (Å²) in [5.74, 6) is -0.539. The number of benzene rings is 1. The highest BCUT2D eigenvalue weighted by Crippen LogP contribution is 2.33. The fraction of sp³-hybridized carbons (Fsp3) is 0.368. The number of nitrogens with one attached hydrogen (secondary N) is 1. The normalized spacial score (nSPS) is 11.7. The number of halogens is 3. The van der Waals surface area contributed by atoms with E-state index in [1.165, 1.54) is 24.5 Å². The molecule has 3 aromatic rings. The second kappa shape index (κ2) is 9.02. The first-order chi connectivity index (χ1) is 14.6. The highest BCUT2D eigenvalue weighted by Gasteiger charge is 2.33. The van der Waals surface area contributed by atoms with Crippen molar-refractivity contribution >= 4 is 32.8 Å². The predicted octanol–water partition coefficient (Wildman–Crippen LogP) is 2.70. The molecule has 3 rings (SSSR count). The van der Waals surface area contributed by atoms with Crippen LogP contribution < -0.4 is 10.9 Å². The van der Waals surface area contributed by atoms with Crippen molar-refractivity contribution in [2.45, 2.75) is 33.2 Å². The van der Waals surface area contributed by atoms with Crippen molar-refractivity contribution < 1.29 is 27.8 Å². The Labute approximate surface area is 178 Å². The predicted molar refractivity (Wildman–Crippen MR) is 108 cm³/mol. The van der Waals surface area contributed by atoms with E-state index in [2.05, 4.69) is 15.3 Å². The van der Waals surface area contributed by atoms with Gasteiger partial charge < -0.3 is 19.7 Å². The summed E-state index contributed by atoms with van der Waals surface area (Å²) in [5.41, 5.74) is -0.772. The van der Waals surface area contributed by atoms with E-state index >= 15 is 0 Å². The number of alkyl halides is 3. The minimum Gasteiger partial charge on any atom is -0.458 e. The van der Waals surface area contributed by atoms with Gasteiger partial charge in [-0.3, -0.25) is 9.59 Å². The zero-order valence-corrected chi connectivity index (χ0v) is 17.4. The molecule has 0 atom stereocenters. The molecule has 166 valence electrons. The summed E-state index contributed by atoms with van der Waals surface area (Å²) in [5, 5.41) is 12.2. The number of fused-ring (bicyclic) bond motifs is 1. The smallest absolute Gasteiger partial charge is 0.416 e. The van der Waals surface area contributed by atoms with Crippen LogP contribution in [0.15, 0.2) is 23.0 Å². The molecule has 0 amide bonds. The van der Waals surface area contributed by atoms with Gasteiger partial charge in [0, 0.05) is 13.5 Å². The second-order valence-electron chi connectivity index (χ2n) is 6.61. The SMILES string of the molecule is CC(=O)OCc1nc(=O)c2sc(NCCO)nc2n1Cc1cccc(C(F)(F)F)c1C. The number of carbonyl (C=O) groups is 1. The van der Waals surface area contributed by atoms with Crippen LogP contribution in [0.1, 0.15) is 29.4 Å². The average Bonchev–Trinajstić information content (AvgIpc) is 3.12. The number of aliphatic hydroxyl groups is 1. The summed E-state index contributed by atoms with van der Waals surface area (Å²) in [6, 6.07) is 3.85. The van der Waals surface area contributed by atoms with Crippen LogP contribution in [0.25, 0.3) is 10.3 Å². The van der Waals surface area contributed by atoms with Gasteiger partial charge in [0.15, 0.2) is 16.6 Å². The fourth-order valence-corrected chi connectivity index (χ4v) is 3.88. The van der Waals surface area contributed by atoms with Crippen molar-refractivity contribution in [3.8, 4) is 0 Å². The van der Waals surface area contributed by atoms with Gasteiger partial charge in [0.05, 0.1) is 18.7 Å². The van der Waals surface area contributed by atoms with E-state index in [1.807, 2.05) is 0 Å². The molecule has 0 aliphatic carbocycles. The lowest BCUT2D eigenvalue weighted by molar-refractivity contribution is -0.142. The maximum Gasteiger partial charge on any atom is 0.416 e. The van der Waals surface area contributed by atoms with Crippen LogP contribution in [-0.4, -0.2) is 38.8 Å². The first kappa shape index (κ1) is 22.7. The van der Waals surface area contributed by atoms with Gasteiger partial charge in [-0.15, -0.1) is 0 Å². The van der Waals surface area contributed by atoms with Gasteiger partial charge in [0.25, 0.3) is 5.56 Å². The average molecular weight is 456 g/mol. The van der Waals surface area contributed by atoms with Crippen molar-refractivity contribution in [1.29, 1.82) is 0 Å². The maximum absolute atomic E-state index is 13.3. The van der Waals surface area contributed by atoms with Crippen LogP contribution in [-0.2, 0) is 28.9 Å². The summed E-state index contributed by atoms with van der Waals surface area (Å²) in [6.45, 7) is 2.20. The van der Waals surface area contributed by atoms with E-state index in [9.17, 15) is 22.8 Å². The lowest BCUT2D eigenvalue weighted by atomic mass is 10.0. The summed E-state index contributed by atoms with van der Waals surface area (Å²) >= 11 is 1.02. The Kier molecular flexibility index (Phi) is 6.60. The number of hydrogen-bond acceptors (Lipinski definition) is 8. The molecule has 2 N–H and O–H groups in total. The number of carbonyl (C=O) groups excluding carboxylic acids is 1.